The molecule has 0 aliphatic heterocycles. The van der Waals surface area contributed by atoms with E-state index in [9.17, 15) is 4.79 Å². The van der Waals surface area contributed by atoms with Gasteiger partial charge in [-0.25, -0.2) is 0 Å². The lowest BCUT2D eigenvalue weighted by atomic mass is 10.1. The van der Waals surface area contributed by atoms with Crippen molar-refractivity contribution in [2.75, 3.05) is 6.61 Å². The van der Waals surface area contributed by atoms with E-state index in [0.29, 0.717) is 19.3 Å². The Morgan fingerprint density at radius 2 is 2.35 bits per heavy atom. The zero-order valence-electron chi connectivity index (χ0n) is 10.2. The highest BCUT2D eigenvalue weighted by Gasteiger charge is 2.09. The van der Waals surface area contributed by atoms with Gasteiger partial charge in [-0.2, -0.15) is 0 Å². The second kappa shape index (κ2) is 7.79. The van der Waals surface area contributed by atoms with E-state index in [1.165, 1.54) is 0 Å². The van der Waals surface area contributed by atoms with Crippen molar-refractivity contribution in [2.45, 2.75) is 38.6 Å². The minimum atomic E-state index is 0.0240. The highest BCUT2D eigenvalue weighted by molar-refractivity contribution is 5.76. The molecule has 2 N–H and O–H groups in total. The van der Waals surface area contributed by atoms with Gasteiger partial charge >= 0.3 is 0 Å². The van der Waals surface area contributed by atoms with E-state index in [1.807, 2.05) is 25.1 Å². The number of amides is 1. The number of pyridine rings is 1. The molecule has 0 aromatic carbocycles. The van der Waals surface area contributed by atoms with E-state index < -0.39 is 0 Å². The van der Waals surface area contributed by atoms with Crippen LogP contribution in [0.4, 0.5) is 0 Å². The van der Waals surface area contributed by atoms with Crippen molar-refractivity contribution in [1.29, 1.82) is 0 Å². The zero-order valence-corrected chi connectivity index (χ0v) is 10.2. The SMILES string of the molecule is CCC(CCO)NC(=O)CCc1ccccn1. The number of nitrogens with one attached hydrogen (secondary N) is 1. The fourth-order valence-corrected chi connectivity index (χ4v) is 1.62. The summed E-state index contributed by atoms with van der Waals surface area (Å²) < 4.78 is 0. The summed E-state index contributed by atoms with van der Waals surface area (Å²) in [5.41, 5.74) is 0.929. The van der Waals surface area contributed by atoms with Crippen molar-refractivity contribution in [3.05, 3.63) is 30.1 Å². The summed E-state index contributed by atoms with van der Waals surface area (Å²) in [6, 6.07) is 5.77. The monoisotopic (exact) mass is 236 g/mol. The Hall–Kier alpha value is -1.42. The Bertz CT molecular complexity index is 327. The summed E-state index contributed by atoms with van der Waals surface area (Å²) in [5.74, 6) is 0.0240. The van der Waals surface area contributed by atoms with Crippen LogP contribution in [0.3, 0.4) is 0 Å². The van der Waals surface area contributed by atoms with E-state index in [2.05, 4.69) is 10.3 Å². The Morgan fingerprint density at radius 3 is 2.94 bits per heavy atom. The average molecular weight is 236 g/mol. The summed E-state index contributed by atoms with van der Waals surface area (Å²) in [6.07, 6.45) is 4.29. The minimum Gasteiger partial charge on any atom is -0.396 e. The van der Waals surface area contributed by atoms with Crippen molar-refractivity contribution in [3.63, 3.8) is 0 Å². The van der Waals surface area contributed by atoms with Crippen molar-refractivity contribution in [2.24, 2.45) is 0 Å². The molecule has 4 heteroatoms. The number of rotatable bonds is 7. The lowest BCUT2D eigenvalue weighted by Crippen LogP contribution is -2.35. The summed E-state index contributed by atoms with van der Waals surface area (Å²) in [6.45, 7) is 2.11. The number of hydrogen-bond donors (Lipinski definition) is 2. The molecule has 0 spiro atoms. The second-order valence-electron chi connectivity index (χ2n) is 4.01. The average Bonchev–Trinajstić information content (AvgIpc) is 2.37. The van der Waals surface area contributed by atoms with Crippen molar-refractivity contribution < 1.29 is 9.90 Å². The molecule has 0 aliphatic carbocycles. The minimum absolute atomic E-state index is 0.0240. The smallest absolute Gasteiger partial charge is 0.220 e. The largest absolute Gasteiger partial charge is 0.396 e. The first-order valence-electron chi connectivity index (χ1n) is 6.06. The molecule has 1 heterocycles. The van der Waals surface area contributed by atoms with Crippen LogP contribution in [-0.4, -0.2) is 28.6 Å². The number of aliphatic hydroxyl groups is 1. The number of carbonyl (C=O) groups excluding carboxylic acids is 1. The van der Waals surface area contributed by atoms with Gasteiger partial charge in [-0.1, -0.05) is 13.0 Å². The van der Waals surface area contributed by atoms with E-state index in [0.717, 1.165) is 12.1 Å². The van der Waals surface area contributed by atoms with E-state index in [1.54, 1.807) is 6.20 Å². The summed E-state index contributed by atoms with van der Waals surface area (Å²) >= 11 is 0. The topological polar surface area (TPSA) is 62.2 Å². The maximum Gasteiger partial charge on any atom is 0.220 e. The van der Waals surface area contributed by atoms with Crippen LogP contribution in [0.1, 0.15) is 31.9 Å². The Morgan fingerprint density at radius 1 is 1.53 bits per heavy atom. The number of aryl methyl sites for hydroxylation is 1. The predicted octanol–water partition coefficient (Wildman–Crippen LogP) is 1.29. The van der Waals surface area contributed by atoms with Crippen LogP contribution in [0.5, 0.6) is 0 Å². The van der Waals surface area contributed by atoms with Gasteiger partial charge in [0.05, 0.1) is 0 Å². The van der Waals surface area contributed by atoms with E-state index in [-0.39, 0.29) is 18.6 Å². The van der Waals surface area contributed by atoms with Gasteiger partial charge in [0.2, 0.25) is 5.91 Å². The summed E-state index contributed by atoms with van der Waals surface area (Å²) in [7, 11) is 0. The van der Waals surface area contributed by atoms with Crippen molar-refractivity contribution in [1.82, 2.24) is 10.3 Å². The van der Waals surface area contributed by atoms with Gasteiger partial charge in [0.25, 0.3) is 0 Å². The lowest BCUT2D eigenvalue weighted by molar-refractivity contribution is -0.121. The van der Waals surface area contributed by atoms with Gasteiger partial charge in [0, 0.05) is 31.0 Å². The van der Waals surface area contributed by atoms with Crippen molar-refractivity contribution in [3.8, 4) is 0 Å². The van der Waals surface area contributed by atoms with Crippen molar-refractivity contribution >= 4 is 5.91 Å². The number of aliphatic hydroxyl groups excluding tert-OH is 1. The van der Waals surface area contributed by atoms with Crippen LogP contribution in [0.2, 0.25) is 0 Å². The fourth-order valence-electron chi connectivity index (χ4n) is 1.62. The standard InChI is InChI=1S/C13H20N2O2/c1-2-11(8-10-16)15-13(17)7-6-12-5-3-4-9-14-12/h3-5,9,11,16H,2,6-8,10H2,1H3,(H,15,17). The molecule has 0 bridgehead atoms. The molecule has 1 rings (SSSR count). The summed E-state index contributed by atoms with van der Waals surface area (Å²) in [5, 5.41) is 11.7. The molecule has 1 aromatic heterocycles. The maximum absolute atomic E-state index is 11.6. The van der Waals surface area contributed by atoms with Gasteiger partial charge in [0.1, 0.15) is 0 Å². The third-order valence-electron chi connectivity index (χ3n) is 2.67. The molecular formula is C13H20N2O2. The highest BCUT2D eigenvalue weighted by Crippen LogP contribution is 2.01. The molecule has 0 fully saturated rings. The fraction of sp³-hybridized carbons (Fsp3) is 0.538. The zero-order chi connectivity index (χ0) is 12.5. The highest BCUT2D eigenvalue weighted by atomic mass is 16.3. The van der Waals surface area contributed by atoms with E-state index in [4.69, 9.17) is 5.11 Å². The van der Waals surface area contributed by atoms with Crippen LogP contribution in [0, 0.1) is 0 Å². The lowest BCUT2D eigenvalue weighted by Gasteiger charge is -2.15. The number of hydrogen-bond acceptors (Lipinski definition) is 3. The number of nitrogens with zero attached hydrogens (tertiary/aromatic N) is 1. The molecule has 4 nitrogen and oxygen atoms in total. The van der Waals surface area contributed by atoms with Crippen LogP contribution < -0.4 is 5.32 Å². The molecule has 0 saturated carbocycles. The van der Waals surface area contributed by atoms with Gasteiger partial charge in [-0.3, -0.25) is 9.78 Å². The molecule has 1 amide bonds. The van der Waals surface area contributed by atoms with Gasteiger partial charge < -0.3 is 10.4 Å². The Kier molecular flexibility index (Phi) is 6.25. The van der Waals surface area contributed by atoms with E-state index >= 15 is 0 Å². The van der Waals surface area contributed by atoms with Gasteiger partial charge in [-0.15, -0.1) is 0 Å². The molecular weight excluding hydrogens is 216 g/mol. The van der Waals surface area contributed by atoms with Crippen LogP contribution >= 0.6 is 0 Å². The van der Waals surface area contributed by atoms with Gasteiger partial charge in [0.15, 0.2) is 0 Å². The first-order chi connectivity index (χ1) is 8.26. The molecule has 0 saturated heterocycles. The molecule has 17 heavy (non-hydrogen) atoms. The molecule has 1 unspecified atom stereocenters. The summed E-state index contributed by atoms with van der Waals surface area (Å²) in [4.78, 5) is 15.8. The normalized spacial score (nSPS) is 12.1. The predicted molar refractivity (Wildman–Crippen MR) is 66.5 cm³/mol. The quantitative estimate of drug-likeness (QED) is 0.750. The molecule has 1 aromatic rings. The third-order valence-corrected chi connectivity index (χ3v) is 2.67. The second-order valence-corrected chi connectivity index (χ2v) is 4.01. The van der Waals surface area contributed by atoms with Crippen LogP contribution in [0.15, 0.2) is 24.4 Å². The van der Waals surface area contributed by atoms with Gasteiger partial charge in [-0.05, 0) is 31.4 Å². The van der Waals surface area contributed by atoms with Crippen LogP contribution in [0.25, 0.3) is 0 Å². The number of aromatic nitrogens is 1. The third kappa shape index (κ3) is 5.45. The first kappa shape index (κ1) is 13.6. The van der Waals surface area contributed by atoms with Crippen LogP contribution in [-0.2, 0) is 11.2 Å². The molecule has 0 aliphatic rings. The molecule has 1 atom stereocenters. The first-order valence-corrected chi connectivity index (χ1v) is 6.06. The Labute approximate surface area is 102 Å². The molecule has 94 valence electrons. The Balaban J connectivity index is 2.30. The maximum atomic E-state index is 11.6. The molecule has 0 radical (unpaired) electrons. The number of carbonyl (C=O) groups is 1.